The van der Waals surface area contributed by atoms with Crippen LogP contribution in [0.25, 0.3) is 4.85 Å². The van der Waals surface area contributed by atoms with Gasteiger partial charge in [-0.25, -0.2) is 4.85 Å². The number of hydrogen-bond acceptors (Lipinski definition) is 4. The zero-order chi connectivity index (χ0) is 17.0. The molecule has 1 aromatic carbocycles. The van der Waals surface area contributed by atoms with Crippen LogP contribution in [0.2, 0.25) is 0 Å². The fourth-order valence-electron chi connectivity index (χ4n) is 2.87. The Morgan fingerprint density at radius 3 is 2.83 bits per heavy atom. The molecule has 1 aliphatic rings. The van der Waals surface area contributed by atoms with Gasteiger partial charge in [-0.2, -0.15) is 0 Å². The third kappa shape index (κ3) is 4.02. The Kier molecular flexibility index (Phi) is 5.27. The Balaban J connectivity index is 2.26. The molecule has 1 aliphatic heterocycles. The highest BCUT2D eigenvalue weighted by Gasteiger charge is 2.37. The van der Waals surface area contributed by atoms with Crippen molar-refractivity contribution in [1.82, 2.24) is 0 Å². The maximum absolute atomic E-state index is 11.1. The summed E-state index contributed by atoms with van der Waals surface area (Å²) >= 11 is 0. The fourth-order valence-corrected chi connectivity index (χ4v) is 2.87. The molecule has 5 heteroatoms. The summed E-state index contributed by atoms with van der Waals surface area (Å²) in [6.07, 6.45) is 0.718. The van der Waals surface area contributed by atoms with E-state index in [1.165, 1.54) is 6.92 Å². The van der Waals surface area contributed by atoms with Crippen LogP contribution in [-0.4, -0.2) is 25.2 Å². The molecule has 2 atom stereocenters. The van der Waals surface area contributed by atoms with Crippen molar-refractivity contribution in [1.29, 1.82) is 0 Å². The van der Waals surface area contributed by atoms with Gasteiger partial charge in [-0.15, -0.1) is 0 Å². The number of nitrogens with one attached hydrogen (secondary N) is 1. The molecule has 0 fully saturated rings. The lowest BCUT2D eigenvalue weighted by Crippen LogP contribution is -2.43. The van der Waals surface area contributed by atoms with Crippen LogP contribution >= 0.6 is 0 Å². The Labute approximate surface area is 137 Å². The minimum absolute atomic E-state index is 0.0560. The van der Waals surface area contributed by atoms with Gasteiger partial charge in [0.15, 0.2) is 5.69 Å². The van der Waals surface area contributed by atoms with Crippen LogP contribution in [0.15, 0.2) is 18.2 Å². The monoisotopic (exact) mass is 316 g/mol. The van der Waals surface area contributed by atoms with E-state index >= 15 is 0 Å². The van der Waals surface area contributed by atoms with E-state index in [2.05, 4.69) is 24.0 Å². The molecule has 1 aromatic rings. The van der Waals surface area contributed by atoms with E-state index in [1.807, 2.05) is 25.1 Å². The van der Waals surface area contributed by atoms with Gasteiger partial charge < -0.3 is 14.8 Å². The summed E-state index contributed by atoms with van der Waals surface area (Å²) in [5.74, 6) is -0.266. The summed E-state index contributed by atoms with van der Waals surface area (Å²) in [7, 11) is 0. The molecule has 0 aromatic heterocycles. The van der Waals surface area contributed by atoms with Crippen molar-refractivity contribution in [2.75, 3.05) is 18.5 Å². The Bertz CT molecular complexity index is 619. The quantitative estimate of drug-likeness (QED) is 0.656. The zero-order valence-corrected chi connectivity index (χ0v) is 14.2. The van der Waals surface area contributed by atoms with Crippen molar-refractivity contribution in [3.8, 4) is 0 Å². The van der Waals surface area contributed by atoms with Crippen LogP contribution < -0.4 is 5.32 Å². The molecule has 23 heavy (non-hydrogen) atoms. The van der Waals surface area contributed by atoms with Gasteiger partial charge in [-0.05, 0) is 31.0 Å². The molecule has 0 saturated heterocycles. The second kappa shape index (κ2) is 7.01. The summed E-state index contributed by atoms with van der Waals surface area (Å²) in [5.41, 5.74) is 2.41. The predicted octanol–water partition coefficient (Wildman–Crippen LogP) is 4.09. The minimum Gasteiger partial charge on any atom is -0.465 e. The van der Waals surface area contributed by atoms with Crippen molar-refractivity contribution in [3.63, 3.8) is 0 Å². The fraction of sp³-hybridized carbons (Fsp3) is 0.556. The average molecular weight is 316 g/mol. The SMILES string of the molecule is [C-]#[N+]c1ccc2c(c1)C(OCC)CC(C(C)(C)COC(C)=O)N2. The molecule has 1 N–H and O–H groups in total. The third-order valence-corrected chi connectivity index (χ3v) is 4.25. The highest BCUT2D eigenvalue weighted by atomic mass is 16.5. The zero-order valence-electron chi connectivity index (χ0n) is 14.2. The van der Waals surface area contributed by atoms with Crippen molar-refractivity contribution in [3.05, 3.63) is 35.2 Å². The topological polar surface area (TPSA) is 51.9 Å². The Morgan fingerprint density at radius 1 is 1.48 bits per heavy atom. The van der Waals surface area contributed by atoms with Crippen LogP contribution in [0, 0.1) is 12.0 Å². The largest absolute Gasteiger partial charge is 0.465 e. The molecule has 2 unspecified atom stereocenters. The van der Waals surface area contributed by atoms with Gasteiger partial charge in [0.2, 0.25) is 0 Å². The van der Waals surface area contributed by atoms with Gasteiger partial charge in [0, 0.05) is 30.7 Å². The first-order valence-electron chi connectivity index (χ1n) is 7.90. The molecular formula is C18H24N2O3. The number of ether oxygens (including phenoxy) is 2. The van der Waals surface area contributed by atoms with Crippen molar-refractivity contribution in [2.24, 2.45) is 5.41 Å². The van der Waals surface area contributed by atoms with E-state index in [9.17, 15) is 4.79 Å². The first kappa shape index (κ1) is 17.3. The molecule has 0 bridgehead atoms. The van der Waals surface area contributed by atoms with Crippen molar-refractivity contribution in [2.45, 2.75) is 46.3 Å². The number of carbonyl (C=O) groups excluding carboxylic acids is 1. The number of esters is 1. The first-order valence-corrected chi connectivity index (χ1v) is 7.90. The Hall–Kier alpha value is -2.06. The maximum Gasteiger partial charge on any atom is 0.302 e. The average Bonchev–Trinajstić information content (AvgIpc) is 2.52. The highest BCUT2D eigenvalue weighted by molar-refractivity contribution is 5.66. The smallest absolute Gasteiger partial charge is 0.302 e. The van der Waals surface area contributed by atoms with Crippen LogP contribution in [0.5, 0.6) is 0 Å². The van der Waals surface area contributed by atoms with E-state index < -0.39 is 0 Å². The number of anilines is 1. The van der Waals surface area contributed by atoms with Crippen LogP contribution in [0.1, 0.15) is 45.8 Å². The van der Waals surface area contributed by atoms with Gasteiger partial charge in [-0.1, -0.05) is 19.9 Å². The first-order chi connectivity index (χ1) is 10.9. The van der Waals surface area contributed by atoms with Crippen molar-refractivity contribution >= 4 is 17.3 Å². The summed E-state index contributed by atoms with van der Waals surface area (Å²) in [6, 6.07) is 5.75. The third-order valence-electron chi connectivity index (χ3n) is 4.25. The number of carbonyl (C=O) groups is 1. The number of hydrogen-bond donors (Lipinski definition) is 1. The number of benzene rings is 1. The number of nitrogens with zero attached hydrogens (tertiary/aromatic N) is 1. The summed E-state index contributed by atoms with van der Waals surface area (Å²) in [5, 5.41) is 3.53. The molecular weight excluding hydrogens is 292 g/mol. The second-order valence-electron chi connectivity index (χ2n) is 6.53. The minimum atomic E-state index is -0.266. The standard InChI is InChI=1S/C18H24N2O3/c1-6-22-16-10-17(18(3,4)11-23-12(2)21)20-15-8-7-13(19-5)9-14(15)16/h7-9,16-17,20H,6,10-11H2,1-4H3. The summed E-state index contributed by atoms with van der Waals surface area (Å²) < 4.78 is 11.1. The van der Waals surface area contributed by atoms with Gasteiger partial charge >= 0.3 is 5.97 Å². The van der Waals surface area contributed by atoms with E-state index in [1.54, 1.807) is 0 Å². The predicted molar refractivity (Wildman–Crippen MR) is 89.5 cm³/mol. The molecule has 0 aliphatic carbocycles. The van der Waals surface area contributed by atoms with E-state index in [0.29, 0.717) is 18.9 Å². The molecule has 5 nitrogen and oxygen atoms in total. The van der Waals surface area contributed by atoms with E-state index in [-0.39, 0.29) is 23.5 Å². The van der Waals surface area contributed by atoms with E-state index in [4.69, 9.17) is 16.0 Å². The number of fused-ring (bicyclic) bond motifs is 1. The second-order valence-corrected chi connectivity index (χ2v) is 6.53. The van der Waals surface area contributed by atoms with Gasteiger partial charge in [0.25, 0.3) is 0 Å². The Morgan fingerprint density at radius 2 is 2.22 bits per heavy atom. The molecule has 0 saturated carbocycles. The van der Waals surface area contributed by atoms with Gasteiger partial charge in [0.1, 0.15) is 0 Å². The summed E-state index contributed by atoms with van der Waals surface area (Å²) in [4.78, 5) is 14.6. The molecule has 0 amide bonds. The van der Waals surface area contributed by atoms with E-state index in [0.717, 1.165) is 17.7 Å². The van der Waals surface area contributed by atoms with Crippen LogP contribution in [0.3, 0.4) is 0 Å². The van der Waals surface area contributed by atoms with Gasteiger partial charge in [0.05, 0.1) is 19.3 Å². The highest BCUT2D eigenvalue weighted by Crippen LogP contribution is 2.42. The van der Waals surface area contributed by atoms with Gasteiger partial charge in [-0.3, -0.25) is 4.79 Å². The lowest BCUT2D eigenvalue weighted by Gasteiger charge is -2.41. The van der Waals surface area contributed by atoms with Crippen LogP contribution in [-0.2, 0) is 14.3 Å². The lowest BCUT2D eigenvalue weighted by molar-refractivity contribution is -0.144. The molecule has 0 radical (unpaired) electrons. The van der Waals surface area contributed by atoms with Crippen LogP contribution in [0.4, 0.5) is 11.4 Å². The molecule has 124 valence electrons. The summed E-state index contributed by atoms with van der Waals surface area (Å²) in [6.45, 7) is 15.7. The lowest BCUT2D eigenvalue weighted by atomic mass is 9.78. The number of rotatable bonds is 5. The molecule has 2 rings (SSSR count). The molecule has 0 spiro atoms. The van der Waals surface area contributed by atoms with Crippen molar-refractivity contribution < 1.29 is 14.3 Å². The normalized spacial score (nSPS) is 20.1. The molecule has 1 heterocycles. The maximum atomic E-state index is 11.1.